The number of methoxy groups -OCH3 is 1. The number of hydrogen-bond donors (Lipinski definition) is 0. The molecule has 152 valence electrons. The van der Waals surface area contributed by atoms with Crippen molar-refractivity contribution in [1.82, 2.24) is 14.9 Å². The first-order chi connectivity index (χ1) is 13.4. The SMILES string of the molecule is COC(=O)C1CCCN1C(=O)c1cnc(N2CC(F)(F)C2)c(OCC2CC2)n1. The summed E-state index contributed by atoms with van der Waals surface area (Å²) in [4.78, 5) is 36.0. The second-order valence-electron chi connectivity index (χ2n) is 7.53. The number of alkyl halides is 2. The summed E-state index contributed by atoms with van der Waals surface area (Å²) in [6.07, 6.45) is 4.57. The molecule has 1 amide bonds. The highest BCUT2D eigenvalue weighted by Gasteiger charge is 2.46. The molecule has 2 saturated heterocycles. The summed E-state index contributed by atoms with van der Waals surface area (Å²) in [6, 6.07) is -0.649. The highest BCUT2D eigenvalue weighted by molar-refractivity contribution is 5.95. The molecule has 1 atom stereocenters. The molecule has 3 aliphatic rings. The Morgan fingerprint density at radius 3 is 2.68 bits per heavy atom. The van der Waals surface area contributed by atoms with Gasteiger partial charge in [0, 0.05) is 6.54 Å². The van der Waals surface area contributed by atoms with Crippen LogP contribution >= 0.6 is 0 Å². The second-order valence-corrected chi connectivity index (χ2v) is 7.53. The molecule has 1 unspecified atom stereocenters. The molecule has 10 heteroatoms. The van der Waals surface area contributed by atoms with Gasteiger partial charge >= 0.3 is 5.97 Å². The van der Waals surface area contributed by atoms with Crippen LogP contribution in [0.4, 0.5) is 14.6 Å². The average Bonchev–Trinajstić information content (AvgIpc) is 3.36. The van der Waals surface area contributed by atoms with Gasteiger partial charge in [-0.3, -0.25) is 4.79 Å². The molecule has 3 heterocycles. The number of likely N-dealkylation sites (tertiary alicyclic amines) is 1. The zero-order valence-corrected chi connectivity index (χ0v) is 15.6. The molecule has 4 rings (SSSR count). The van der Waals surface area contributed by atoms with E-state index in [2.05, 4.69) is 9.97 Å². The summed E-state index contributed by atoms with van der Waals surface area (Å²) in [7, 11) is 1.28. The van der Waals surface area contributed by atoms with Crippen LogP contribution in [-0.2, 0) is 9.53 Å². The first kappa shape index (κ1) is 18.8. The number of amides is 1. The number of halogens is 2. The summed E-state index contributed by atoms with van der Waals surface area (Å²) >= 11 is 0. The van der Waals surface area contributed by atoms with Crippen molar-refractivity contribution in [2.45, 2.75) is 37.6 Å². The fourth-order valence-corrected chi connectivity index (χ4v) is 3.46. The normalized spacial score (nSPS) is 23.3. The molecule has 8 nitrogen and oxygen atoms in total. The largest absolute Gasteiger partial charge is 0.475 e. The number of carbonyl (C=O) groups is 2. The van der Waals surface area contributed by atoms with E-state index in [-0.39, 0.29) is 17.4 Å². The Bertz CT molecular complexity index is 779. The topological polar surface area (TPSA) is 84.9 Å². The van der Waals surface area contributed by atoms with E-state index >= 15 is 0 Å². The van der Waals surface area contributed by atoms with Crippen molar-refractivity contribution < 1.29 is 27.8 Å². The molecule has 1 aromatic heterocycles. The molecule has 1 aromatic rings. The van der Waals surface area contributed by atoms with Crippen molar-refractivity contribution in [2.75, 3.05) is 38.3 Å². The van der Waals surface area contributed by atoms with E-state index in [1.54, 1.807) is 0 Å². The minimum atomic E-state index is -2.76. The molecule has 0 bridgehead atoms. The van der Waals surface area contributed by atoms with Gasteiger partial charge < -0.3 is 19.3 Å². The molecular weight excluding hydrogens is 374 g/mol. The lowest BCUT2D eigenvalue weighted by atomic mass is 10.1. The summed E-state index contributed by atoms with van der Waals surface area (Å²) < 4.78 is 37.0. The van der Waals surface area contributed by atoms with Crippen LogP contribution in [0, 0.1) is 5.92 Å². The Kier molecular flexibility index (Phi) is 4.80. The molecule has 28 heavy (non-hydrogen) atoms. The Morgan fingerprint density at radius 2 is 2.04 bits per heavy atom. The summed E-state index contributed by atoms with van der Waals surface area (Å²) in [5.74, 6) is -2.95. The van der Waals surface area contributed by atoms with Crippen LogP contribution in [0.2, 0.25) is 0 Å². The van der Waals surface area contributed by atoms with E-state index in [0.717, 1.165) is 12.8 Å². The van der Waals surface area contributed by atoms with Crippen molar-refractivity contribution in [3.63, 3.8) is 0 Å². The van der Waals surface area contributed by atoms with Gasteiger partial charge in [-0.1, -0.05) is 0 Å². The zero-order chi connectivity index (χ0) is 19.9. The van der Waals surface area contributed by atoms with Gasteiger partial charge in [0.2, 0.25) is 0 Å². The molecule has 0 radical (unpaired) electrons. The van der Waals surface area contributed by atoms with Gasteiger partial charge in [0.25, 0.3) is 17.7 Å². The molecular formula is C18H22F2N4O4. The Morgan fingerprint density at radius 1 is 1.29 bits per heavy atom. The number of rotatable bonds is 6. The monoisotopic (exact) mass is 396 g/mol. The predicted molar refractivity (Wildman–Crippen MR) is 93.5 cm³/mol. The third-order valence-corrected chi connectivity index (χ3v) is 5.23. The maximum absolute atomic E-state index is 13.3. The van der Waals surface area contributed by atoms with Gasteiger partial charge in [-0.25, -0.2) is 23.5 Å². The first-order valence-electron chi connectivity index (χ1n) is 9.39. The molecule has 2 aliphatic heterocycles. The number of esters is 1. The lowest BCUT2D eigenvalue weighted by molar-refractivity contribution is -0.145. The molecule has 1 aliphatic carbocycles. The third-order valence-electron chi connectivity index (χ3n) is 5.23. The average molecular weight is 396 g/mol. The standard InChI is InChI=1S/C18H22F2N4O4/c1-27-17(26)13-3-2-6-24(13)16(25)12-7-21-14(23-9-18(19,20)10-23)15(22-12)28-8-11-4-5-11/h7,11,13H,2-6,8-10H2,1H3. The van der Waals surface area contributed by atoms with E-state index in [1.807, 2.05) is 0 Å². The van der Waals surface area contributed by atoms with Gasteiger partial charge in [0.1, 0.15) is 6.04 Å². The van der Waals surface area contributed by atoms with Crippen LogP contribution in [-0.4, -0.2) is 72.1 Å². The predicted octanol–water partition coefficient (Wildman–Crippen LogP) is 1.50. The Hall–Kier alpha value is -2.52. The van der Waals surface area contributed by atoms with Gasteiger partial charge in [-0.05, 0) is 31.6 Å². The molecule has 0 aromatic carbocycles. The maximum Gasteiger partial charge on any atom is 0.328 e. The fourth-order valence-electron chi connectivity index (χ4n) is 3.46. The van der Waals surface area contributed by atoms with Crippen LogP contribution in [0.25, 0.3) is 0 Å². The Balaban J connectivity index is 1.55. The minimum Gasteiger partial charge on any atom is -0.475 e. The summed E-state index contributed by atoms with van der Waals surface area (Å²) in [6.45, 7) is -0.0761. The maximum atomic E-state index is 13.3. The quantitative estimate of drug-likeness (QED) is 0.674. The number of ether oxygens (including phenoxy) is 2. The summed E-state index contributed by atoms with van der Waals surface area (Å²) in [5, 5.41) is 0. The van der Waals surface area contributed by atoms with Gasteiger partial charge in [0.05, 0.1) is 33.0 Å². The van der Waals surface area contributed by atoms with Crippen LogP contribution in [0.15, 0.2) is 6.20 Å². The van der Waals surface area contributed by atoms with Gasteiger partial charge in [-0.2, -0.15) is 0 Å². The zero-order valence-electron chi connectivity index (χ0n) is 15.6. The highest BCUT2D eigenvalue weighted by atomic mass is 19.3. The van der Waals surface area contributed by atoms with Gasteiger partial charge in [-0.15, -0.1) is 0 Å². The second kappa shape index (κ2) is 7.14. The lowest BCUT2D eigenvalue weighted by Crippen LogP contribution is -2.56. The van der Waals surface area contributed by atoms with Crippen LogP contribution < -0.4 is 9.64 Å². The van der Waals surface area contributed by atoms with Crippen LogP contribution in [0.5, 0.6) is 5.88 Å². The lowest BCUT2D eigenvalue weighted by Gasteiger charge is -2.39. The summed E-state index contributed by atoms with van der Waals surface area (Å²) in [5.41, 5.74) is 0.0256. The highest BCUT2D eigenvalue weighted by Crippen LogP contribution is 2.36. The number of nitrogens with zero attached hydrogens (tertiary/aromatic N) is 4. The van der Waals surface area contributed by atoms with E-state index in [4.69, 9.17) is 9.47 Å². The molecule has 0 spiro atoms. The molecule has 1 saturated carbocycles. The van der Waals surface area contributed by atoms with Crippen molar-refractivity contribution in [3.8, 4) is 5.88 Å². The molecule has 3 fully saturated rings. The fraction of sp³-hybridized carbons (Fsp3) is 0.667. The third kappa shape index (κ3) is 3.72. The van der Waals surface area contributed by atoms with E-state index in [1.165, 1.54) is 23.1 Å². The first-order valence-corrected chi connectivity index (χ1v) is 9.39. The van der Waals surface area contributed by atoms with E-state index in [0.29, 0.717) is 31.9 Å². The smallest absolute Gasteiger partial charge is 0.328 e. The number of hydrogen-bond acceptors (Lipinski definition) is 7. The van der Waals surface area contributed by atoms with Crippen LogP contribution in [0.3, 0.4) is 0 Å². The van der Waals surface area contributed by atoms with Crippen molar-refractivity contribution >= 4 is 17.7 Å². The number of aromatic nitrogens is 2. The van der Waals surface area contributed by atoms with Crippen LogP contribution in [0.1, 0.15) is 36.2 Å². The minimum absolute atomic E-state index is 0.0256. The number of carbonyl (C=O) groups excluding carboxylic acids is 2. The molecule has 0 N–H and O–H groups in total. The van der Waals surface area contributed by atoms with E-state index in [9.17, 15) is 18.4 Å². The van der Waals surface area contributed by atoms with Gasteiger partial charge in [0.15, 0.2) is 11.5 Å². The Labute approximate surface area is 160 Å². The van der Waals surface area contributed by atoms with Crippen molar-refractivity contribution in [3.05, 3.63) is 11.9 Å². The number of anilines is 1. The van der Waals surface area contributed by atoms with Crippen molar-refractivity contribution in [1.29, 1.82) is 0 Å². The van der Waals surface area contributed by atoms with E-state index < -0.39 is 36.9 Å². The van der Waals surface area contributed by atoms with Crippen molar-refractivity contribution in [2.24, 2.45) is 5.92 Å².